The van der Waals surface area contributed by atoms with Crippen molar-refractivity contribution < 1.29 is 19.4 Å². The Hall–Kier alpha value is -1.71. The minimum atomic E-state index is -0.757. The molecule has 0 aliphatic heterocycles. The third-order valence-corrected chi connectivity index (χ3v) is 3.41. The highest BCUT2D eigenvalue weighted by molar-refractivity contribution is 5.85. The minimum absolute atomic E-state index is 0.584. The van der Waals surface area contributed by atoms with Gasteiger partial charge in [-0.3, -0.25) is 4.79 Å². The van der Waals surface area contributed by atoms with Gasteiger partial charge in [-0.2, -0.15) is 0 Å². The molecule has 0 amide bonds. The van der Waals surface area contributed by atoms with Crippen LogP contribution >= 0.6 is 0 Å². The number of aliphatic carboxylic acids is 1. The van der Waals surface area contributed by atoms with Crippen LogP contribution in [0, 0.1) is 6.92 Å². The first-order valence-corrected chi connectivity index (χ1v) is 5.51. The van der Waals surface area contributed by atoms with Gasteiger partial charge in [-0.05, 0) is 43.0 Å². The maximum Gasteiger partial charge on any atom is 0.314 e. The number of ether oxygens (including phenoxy) is 2. The number of carboxylic acids is 1. The molecule has 0 bridgehead atoms. The van der Waals surface area contributed by atoms with Crippen LogP contribution in [0.4, 0.5) is 0 Å². The molecule has 0 atom stereocenters. The van der Waals surface area contributed by atoms with Crippen LogP contribution in [0.5, 0.6) is 11.5 Å². The summed E-state index contributed by atoms with van der Waals surface area (Å²) < 4.78 is 10.4. The molecule has 4 heteroatoms. The van der Waals surface area contributed by atoms with Crippen LogP contribution in [0.2, 0.25) is 0 Å². The zero-order valence-electron chi connectivity index (χ0n) is 10.2. The fourth-order valence-corrected chi connectivity index (χ4v) is 2.22. The highest BCUT2D eigenvalue weighted by atomic mass is 16.5. The average molecular weight is 236 g/mol. The molecule has 2 rings (SSSR count). The lowest BCUT2D eigenvalue weighted by Gasteiger charge is -2.17. The Morgan fingerprint density at radius 1 is 1.24 bits per heavy atom. The van der Waals surface area contributed by atoms with Gasteiger partial charge in [0.25, 0.3) is 0 Å². The highest BCUT2D eigenvalue weighted by Gasteiger charge is 2.52. The summed E-state index contributed by atoms with van der Waals surface area (Å²) in [4.78, 5) is 11.3. The molecule has 1 aromatic carbocycles. The second kappa shape index (κ2) is 3.95. The van der Waals surface area contributed by atoms with Gasteiger partial charge in [-0.15, -0.1) is 0 Å². The molecule has 0 saturated heterocycles. The van der Waals surface area contributed by atoms with Crippen LogP contribution in [-0.4, -0.2) is 25.3 Å². The Bertz CT molecular complexity index is 461. The normalized spacial score (nSPS) is 16.4. The van der Waals surface area contributed by atoms with Crippen LogP contribution in [0.15, 0.2) is 12.1 Å². The molecule has 4 nitrogen and oxygen atoms in total. The van der Waals surface area contributed by atoms with Gasteiger partial charge in [0.15, 0.2) is 11.5 Å². The predicted octanol–water partition coefficient (Wildman–Crippen LogP) is 2.13. The van der Waals surface area contributed by atoms with E-state index >= 15 is 0 Å². The van der Waals surface area contributed by atoms with Crippen LogP contribution in [0.25, 0.3) is 0 Å². The van der Waals surface area contributed by atoms with E-state index < -0.39 is 11.4 Å². The fraction of sp³-hybridized carbons (Fsp3) is 0.462. The van der Waals surface area contributed by atoms with Crippen molar-refractivity contribution in [2.45, 2.75) is 25.2 Å². The summed E-state index contributed by atoms with van der Waals surface area (Å²) in [6.07, 6.45) is 1.39. The molecule has 1 aliphatic carbocycles. The van der Waals surface area contributed by atoms with Crippen molar-refractivity contribution in [3.8, 4) is 11.5 Å². The lowest BCUT2D eigenvalue weighted by atomic mass is 9.91. The molecule has 1 saturated carbocycles. The van der Waals surface area contributed by atoms with Crippen molar-refractivity contribution in [2.75, 3.05) is 14.2 Å². The Labute approximate surface area is 100 Å². The minimum Gasteiger partial charge on any atom is -0.493 e. The van der Waals surface area contributed by atoms with E-state index in [1.807, 2.05) is 13.0 Å². The number of carboxylic acid groups (broad SMARTS) is 1. The first kappa shape index (κ1) is 11.8. The number of aryl methyl sites for hydroxylation is 1. The highest BCUT2D eigenvalue weighted by Crippen LogP contribution is 2.51. The third kappa shape index (κ3) is 1.73. The molecule has 1 aliphatic rings. The summed E-state index contributed by atoms with van der Waals surface area (Å²) in [7, 11) is 3.12. The molecular weight excluding hydrogens is 220 g/mol. The number of benzene rings is 1. The van der Waals surface area contributed by atoms with Crippen molar-refractivity contribution in [2.24, 2.45) is 0 Å². The van der Waals surface area contributed by atoms with Gasteiger partial charge in [-0.1, -0.05) is 0 Å². The third-order valence-electron chi connectivity index (χ3n) is 3.41. The maximum atomic E-state index is 11.3. The molecule has 1 fully saturated rings. The SMILES string of the molecule is COc1cc(C)c(C2(C(=O)O)CC2)cc1OC. The van der Waals surface area contributed by atoms with E-state index in [-0.39, 0.29) is 0 Å². The van der Waals surface area contributed by atoms with Gasteiger partial charge in [-0.25, -0.2) is 0 Å². The Morgan fingerprint density at radius 3 is 2.18 bits per heavy atom. The molecule has 1 N–H and O–H groups in total. The standard InChI is InChI=1S/C13H16O4/c1-8-6-10(16-2)11(17-3)7-9(8)13(4-5-13)12(14)15/h6-7H,4-5H2,1-3H3,(H,14,15). The number of methoxy groups -OCH3 is 2. The molecule has 0 unspecified atom stereocenters. The molecular formula is C13H16O4. The van der Waals surface area contributed by atoms with Gasteiger partial charge in [0.2, 0.25) is 0 Å². The fourth-order valence-electron chi connectivity index (χ4n) is 2.22. The van der Waals surface area contributed by atoms with Crippen LogP contribution in [-0.2, 0) is 10.2 Å². The van der Waals surface area contributed by atoms with E-state index in [9.17, 15) is 9.90 Å². The van der Waals surface area contributed by atoms with E-state index in [2.05, 4.69) is 0 Å². The molecule has 0 radical (unpaired) electrons. The van der Waals surface area contributed by atoms with Gasteiger partial charge in [0.1, 0.15) is 0 Å². The van der Waals surface area contributed by atoms with Crippen molar-refractivity contribution in [3.05, 3.63) is 23.3 Å². The van der Waals surface area contributed by atoms with Gasteiger partial charge in [0, 0.05) is 0 Å². The molecule has 17 heavy (non-hydrogen) atoms. The number of hydrogen-bond donors (Lipinski definition) is 1. The topological polar surface area (TPSA) is 55.8 Å². The molecule has 0 heterocycles. The van der Waals surface area contributed by atoms with Crippen LogP contribution < -0.4 is 9.47 Å². The lowest BCUT2D eigenvalue weighted by Crippen LogP contribution is -2.20. The van der Waals surface area contributed by atoms with E-state index in [1.165, 1.54) is 0 Å². The van der Waals surface area contributed by atoms with E-state index in [1.54, 1.807) is 20.3 Å². The summed E-state index contributed by atoms with van der Waals surface area (Å²) in [6, 6.07) is 3.62. The summed E-state index contributed by atoms with van der Waals surface area (Å²) in [5.74, 6) is 0.461. The van der Waals surface area contributed by atoms with Crippen molar-refractivity contribution in [1.29, 1.82) is 0 Å². The summed E-state index contributed by atoms with van der Waals surface area (Å²) >= 11 is 0. The second-order valence-electron chi connectivity index (χ2n) is 4.41. The van der Waals surface area contributed by atoms with Gasteiger partial charge >= 0.3 is 5.97 Å². The zero-order valence-corrected chi connectivity index (χ0v) is 10.2. The van der Waals surface area contributed by atoms with Crippen molar-refractivity contribution in [3.63, 3.8) is 0 Å². The lowest BCUT2D eigenvalue weighted by molar-refractivity contribution is -0.140. The van der Waals surface area contributed by atoms with Gasteiger partial charge < -0.3 is 14.6 Å². The molecule has 92 valence electrons. The van der Waals surface area contributed by atoms with Crippen molar-refractivity contribution >= 4 is 5.97 Å². The molecule has 1 aromatic rings. The summed E-state index contributed by atoms with van der Waals surface area (Å²) in [5.41, 5.74) is 1.06. The predicted molar refractivity (Wildman–Crippen MR) is 62.8 cm³/mol. The smallest absolute Gasteiger partial charge is 0.314 e. The van der Waals surface area contributed by atoms with Gasteiger partial charge in [0.05, 0.1) is 19.6 Å². The van der Waals surface area contributed by atoms with Crippen LogP contribution in [0.1, 0.15) is 24.0 Å². The van der Waals surface area contributed by atoms with Crippen molar-refractivity contribution in [1.82, 2.24) is 0 Å². The monoisotopic (exact) mass is 236 g/mol. The Balaban J connectivity index is 2.52. The second-order valence-corrected chi connectivity index (χ2v) is 4.41. The first-order valence-electron chi connectivity index (χ1n) is 5.51. The number of hydrogen-bond acceptors (Lipinski definition) is 3. The van der Waals surface area contributed by atoms with Crippen LogP contribution in [0.3, 0.4) is 0 Å². The molecule has 0 aromatic heterocycles. The Kier molecular flexibility index (Phi) is 2.73. The van der Waals surface area contributed by atoms with E-state index in [0.29, 0.717) is 24.3 Å². The van der Waals surface area contributed by atoms with E-state index in [4.69, 9.17) is 9.47 Å². The Morgan fingerprint density at radius 2 is 1.76 bits per heavy atom. The maximum absolute atomic E-state index is 11.3. The molecule has 0 spiro atoms. The quantitative estimate of drug-likeness (QED) is 0.870. The first-order chi connectivity index (χ1) is 8.05. The summed E-state index contributed by atoms with van der Waals surface area (Å²) in [5, 5.41) is 9.30. The summed E-state index contributed by atoms with van der Waals surface area (Å²) in [6.45, 7) is 1.90. The van der Waals surface area contributed by atoms with E-state index in [0.717, 1.165) is 11.1 Å². The number of rotatable bonds is 4. The largest absolute Gasteiger partial charge is 0.493 e. The zero-order chi connectivity index (χ0) is 12.6. The average Bonchev–Trinajstić information content (AvgIpc) is 3.09. The number of carbonyl (C=O) groups is 1.